The van der Waals surface area contributed by atoms with Crippen LogP contribution >= 0.6 is 0 Å². The molecule has 0 fully saturated rings. The highest BCUT2D eigenvalue weighted by molar-refractivity contribution is 6.01. The third kappa shape index (κ3) is 4.09. The first-order valence-corrected chi connectivity index (χ1v) is 6.92. The van der Waals surface area contributed by atoms with Crippen molar-refractivity contribution in [1.82, 2.24) is 0 Å². The van der Waals surface area contributed by atoms with Gasteiger partial charge < -0.3 is 15.8 Å². The second-order valence-corrected chi connectivity index (χ2v) is 4.83. The first-order valence-electron chi connectivity index (χ1n) is 6.92. The second kappa shape index (κ2) is 7.26. The number of anilines is 2. The largest absolute Gasteiger partial charge is 0.465 e. The van der Waals surface area contributed by atoms with E-state index in [2.05, 4.69) is 5.32 Å². The highest BCUT2D eigenvalue weighted by Gasteiger charge is 2.13. The number of nitrogen functional groups attached to an aromatic ring is 1. The van der Waals surface area contributed by atoms with Crippen LogP contribution in [-0.4, -0.2) is 19.0 Å². The van der Waals surface area contributed by atoms with Crippen LogP contribution in [-0.2, 0) is 16.0 Å². The SMILES string of the molecule is COC(=O)c1ccccc1NC(=O)CCc1ccc(N)cc1. The fraction of sp³-hybridized carbons (Fsp3) is 0.176. The summed E-state index contributed by atoms with van der Waals surface area (Å²) < 4.78 is 4.70. The predicted molar refractivity (Wildman–Crippen MR) is 85.6 cm³/mol. The van der Waals surface area contributed by atoms with Gasteiger partial charge in [0.15, 0.2) is 0 Å². The van der Waals surface area contributed by atoms with E-state index in [1.807, 2.05) is 12.1 Å². The number of benzene rings is 2. The van der Waals surface area contributed by atoms with E-state index in [4.69, 9.17) is 10.5 Å². The van der Waals surface area contributed by atoms with Crippen molar-refractivity contribution in [2.75, 3.05) is 18.2 Å². The summed E-state index contributed by atoms with van der Waals surface area (Å²) in [7, 11) is 1.31. The van der Waals surface area contributed by atoms with Crippen molar-refractivity contribution in [3.8, 4) is 0 Å². The average Bonchev–Trinajstić information content (AvgIpc) is 2.54. The van der Waals surface area contributed by atoms with E-state index in [1.54, 1.807) is 36.4 Å². The van der Waals surface area contributed by atoms with Crippen LogP contribution < -0.4 is 11.1 Å². The quantitative estimate of drug-likeness (QED) is 0.656. The minimum atomic E-state index is -0.477. The van der Waals surface area contributed by atoms with Gasteiger partial charge in [-0.15, -0.1) is 0 Å². The summed E-state index contributed by atoms with van der Waals surface area (Å²) in [6.07, 6.45) is 0.923. The summed E-state index contributed by atoms with van der Waals surface area (Å²) >= 11 is 0. The number of ether oxygens (including phenoxy) is 1. The summed E-state index contributed by atoms with van der Waals surface area (Å²) in [5.74, 6) is -0.636. The number of para-hydroxylation sites is 1. The molecular weight excluding hydrogens is 280 g/mol. The lowest BCUT2D eigenvalue weighted by Crippen LogP contribution is -2.15. The Morgan fingerprint density at radius 1 is 1.09 bits per heavy atom. The van der Waals surface area contributed by atoms with Gasteiger partial charge in [0.25, 0.3) is 0 Å². The number of hydrogen-bond acceptors (Lipinski definition) is 4. The Labute approximate surface area is 129 Å². The molecule has 5 heteroatoms. The number of nitrogens with one attached hydrogen (secondary N) is 1. The number of carbonyl (C=O) groups excluding carboxylic acids is 2. The van der Waals surface area contributed by atoms with Crippen LogP contribution in [0.1, 0.15) is 22.3 Å². The number of amides is 1. The van der Waals surface area contributed by atoms with Crippen LogP contribution in [0.25, 0.3) is 0 Å². The molecular formula is C17H18N2O3. The van der Waals surface area contributed by atoms with Gasteiger partial charge in [0.05, 0.1) is 18.4 Å². The Morgan fingerprint density at radius 2 is 1.77 bits per heavy atom. The lowest BCUT2D eigenvalue weighted by atomic mass is 10.1. The van der Waals surface area contributed by atoms with E-state index in [-0.39, 0.29) is 5.91 Å². The average molecular weight is 298 g/mol. The summed E-state index contributed by atoms with van der Waals surface area (Å²) in [6.45, 7) is 0. The van der Waals surface area contributed by atoms with Gasteiger partial charge in [-0.2, -0.15) is 0 Å². The molecule has 0 aliphatic rings. The molecule has 0 saturated heterocycles. The topological polar surface area (TPSA) is 81.4 Å². The molecule has 22 heavy (non-hydrogen) atoms. The molecule has 0 unspecified atom stereocenters. The van der Waals surface area contributed by atoms with Gasteiger partial charge in [-0.05, 0) is 36.2 Å². The van der Waals surface area contributed by atoms with Crippen molar-refractivity contribution >= 4 is 23.3 Å². The maximum Gasteiger partial charge on any atom is 0.339 e. The Bertz CT molecular complexity index is 666. The molecule has 1 amide bonds. The molecule has 0 heterocycles. The van der Waals surface area contributed by atoms with Crippen molar-refractivity contribution in [2.24, 2.45) is 0 Å². The van der Waals surface area contributed by atoms with E-state index in [1.165, 1.54) is 7.11 Å². The number of esters is 1. The number of methoxy groups -OCH3 is 1. The fourth-order valence-electron chi connectivity index (χ4n) is 2.03. The Hall–Kier alpha value is -2.82. The molecule has 0 aliphatic carbocycles. The van der Waals surface area contributed by atoms with Gasteiger partial charge in [-0.25, -0.2) is 4.79 Å². The van der Waals surface area contributed by atoms with Crippen molar-refractivity contribution in [3.05, 3.63) is 59.7 Å². The second-order valence-electron chi connectivity index (χ2n) is 4.83. The number of rotatable bonds is 5. The maximum atomic E-state index is 12.0. The molecule has 0 spiro atoms. The van der Waals surface area contributed by atoms with Gasteiger partial charge in [-0.3, -0.25) is 4.79 Å². The monoisotopic (exact) mass is 298 g/mol. The number of hydrogen-bond donors (Lipinski definition) is 2. The van der Waals surface area contributed by atoms with Gasteiger partial charge in [0.2, 0.25) is 5.91 Å². The molecule has 114 valence electrons. The summed E-state index contributed by atoms with van der Waals surface area (Å²) in [5.41, 5.74) is 8.14. The lowest BCUT2D eigenvalue weighted by molar-refractivity contribution is -0.116. The van der Waals surface area contributed by atoms with Crippen LogP contribution in [0.3, 0.4) is 0 Å². The van der Waals surface area contributed by atoms with Crippen LogP contribution in [0, 0.1) is 0 Å². The molecule has 0 atom stereocenters. The molecule has 0 bridgehead atoms. The normalized spacial score (nSPS) is 10.0. The third-order valence-corrected chi connectivity index (χ3v) is 3.23. The van der Waals surface area contributed by atoms with Crippen molar-refractivity contribution in [2.45, 2.75) is 12.8 Å². The van der Waals surface area contributed by atoms with Crippen LogP contribution in [0.2, 0.25) is 0 Å². The van der Waals surface area contributed by atoms with Gasteiger partial charge in [0.1, 0.15) is 0 Å². The highest BCUT2D eigenvalue weighted by atomic mass is 16.5. The maximum absolute atomic E-state index is 12.0. The van der Waals surface area contributed by atoms with Crippen LogP contribution in [0.4, 0.5) is 11.4 Å². The van der Waals surface area contributed by atoms with Crippen molar-refractivity contribution in [1.29, 1.82) is 0 Å². The Balaban J connectivity index is 1.97. The predicted octanol–water partition coefficient (Wildman–Crippen LogP) is 2.63. The van der Waals surface area contributed by atoms with Crippen molar-refractivity contribution < 1.29 is 14.3 Å². The minimum absolute atomic E-state index is 0.159. The molecule has 0 radical (unpaired) electrons. The Morgan fingerprint density at radius 3 is 2.45 bits per heavy atom. The fourth-order valence-corrected chi connectivity index (χ4v) is 2.03. The molecule has 0 aliphatic heterocycles. The Kier molecular flexibility index (Phi) is 5.14. The van der Waals surface area contributed by atoms with E-state index in [0.29, 0.717) is 29.8 Å². The molecule has 3 N–H and O–H groups in total. The van der Waals surface area contributed by atoms with E-state index in [0.717, 1.165) is 5.56 Å². The zero-order valence-corrected chi connectivity index (χ0v) is 12.3. The molecule has 0 saturated carbocycles. The highest BCUT2D eigenvalue weighted by Crippen LogP contribution is 2.16. The summed E-state index contributed by atoms with van der Waals surface area (Å²) in [5, 5.41) is 2.74. The van der Waals surface area contributed by atoms with Gasteiger partial charge in [0, 0.05) is 12.1 Å². The van der Waals surface area contributed by atoms with Gasteiger partial charge in [-0.1, -0.05) is 24.3 Å². The van der Waals surface area contributed by atoms with E-state index >= 15 is 0 Å². The molecule has 2 rings (SSSR count). The van der Waals surface area contributed by atoms with E-state index in [9.17, 15) is 9.59 Å². The third-order valence-electron chi connectivity index (χ3n) is 3.23. The standard InChI is InChI=1S/C17H18N2O3/c1-22-17(21)14-4-2-3-5-15(14)19-16(20)11-8-12-6-9-13(18)10-7-12/h2-7,9-10H,8,11,18H2,1H3,(H,19,20). The van der Waals surface area contributed by atoms with Crippen LogP contribution in [0.15, 0.2) is 48.5 Å². The molecule has 2 aromatic carbocycles. The first kappa shape index (κ1) is 15.6. The summed E-state index contributed by atoms with van der Waals surface area (Å²) in [4.78, 5) is 23.7. The van der Waals surface area contributed by atoms with Gasteiger partial charge >= 0.3 is 5.97 Å². The molecule has 2 aromatic rings. The zero-order valence-electron chi connectivity index (χ0n) is 12.3. The van der Waals surface area contributed by atoms with Crippen molar-refractivity contribution in [3.63, 3.8) is 0 Å². The lowest BCUT2D eigenvalue weighted by Gasteiger charge is -2.09. The number of nitrogens with two attached hydrogens (primary N) is 1. The number of carbonyl (C=O) groups is 2. The molecule has 0 aromatic heterocycles. The summed E-state index contributed by atoms with van der Waals surface area (Å²) in [6, 6.07) is 14.2. The number of aryl methyl sites for hydroxylation is 1. The first-order chi connectivity index (χ1) is 10.6. The smallest absolute Gasteiger partial charge is 0.339 e. The molecule has 5 nitrogen and oxygen atoms in total. The van der Waals surface area contributed by atoms with Crippen LogP contribution in [0.5, 0.6) is 0 Å². The van der Waals surface area contributed by atoms with E-state index < -0.39 is 5.97 Å². The minimum Gasteiger partial charge on any atom is -0.465 e. The zero-order chi connectivity index (χ0) is 15.9.